The summed E-state index contributed by atoms with van der Waals surface area (Å²) in [5, 5.41) is 12.1. The number of nitrogens with one attached hydrogen (secondary N) is 1. The van der Waals surface area contributed by atoms with E-state index in [-0.39, 0.29) is 23.4 Å². The second-order valence-corrected chi connectivity index (χ2v) is 6.60. The molecule has 0 saturated heterocycles. The van der Waals surface area contributed by atoms with Crippen LogP contribution in [0, 0.1) is 5.41 Å². The minimum absolute atomic E-state index is 0.0518. The van der Waals surface area contributed by atoms with Crippen molar-refractivity contribution in [2.45, 2.75) is 72.4 Å². The van der Waals surface area contributed by atoms with Crippen molar-refractivity contribution in [3.05, 3.63) is 0 Å². The lowest BCUT2D eigenvalue weighted by Gasteiger charge is -2.36. The fourth-order valence-electron chi connectivity index (χ4n) is 2.46. The van der Waals surface area contributed by atoms with E-state index < -0.39 is 5.97 Å². The van der Waals surface area contributed by atoms with Crippen molar-refractivity contribution in [3.63, 3.8) is 0 Å². The largest absolute Gasteiger partial charge is 0.481 e. The zero-order valence-electron chi connectivity index (χ0n) is 11.6. The van der Waals surface area contributed by atoms with Crippen LogP contribution < -0.4 is 5.32 Å². The van der Waals surface area contributed by atoms with E-state index in [9.17, 15) is 4.79 Å². The first-order chi connectivity index (χ1) is 7.02. The van der Waals surface area contributed by atoms with Crippen LogP contribution in [-0.4, -0.2) is 22.7 Å². The van der Waals surface area contributed by atoms with Gasteiger partial charge in [0.15, 0.2) is 0 Å². The summed E-state index contributed by atoms with van der Waals surface area (Å²) >= 11 is 0. The third kappa shape index (κ3) is 8.72. The molecule has 0 radical (unpaired) electrons. The zero-order chi connectivity index (χ0) is 13.0. The van der Waals surface area contributed by atoms with Gasteiger partial charge in [-0.25, -0.2) is 0 Å². The molecule has 0 aliphatic rings. The number of carboxylic acid groups (broad SMARTS) is 1. The molecule has 3 heteroatoms. The van der Waals surface area contributed by atoms with Crippen molar-refractivity contribution in [2.75, 3.05) is 0 Å². The van der Waals surface area contributed by atoms with Gasteiger partial charge in [-0.1, -0.05) is 20.8 Å². The minimum atomic E-state index is -0.720. The van der Waals surface area contributed by atoms with Gasteiger partial charge in [0.1, 0.15) is 0 Å². The molecule has 2 N–H and O–H groups in total. The van der Waals surface area contributed by atoms with Crippen LogP contribution in [0.1, 0.15) is 60.8 Å². The lowest BCUT2D eigenvalue weighted by atomic mass is 9.81. The third-order valence-electron chi connectivity index (χ3n) is 2.40. The fourth-order valence-corrected chi connectivity index (χ4v) is 2.46. The molecule has 0 aromatic carbocycles. The Morgan fingerprint density at radius 3 is 2.12 bits per heavy atom. The van der Waals surface area contributed by atoms with Crippen LogP contribution in [0.5, 0.6) is 0 Å². The molecule has 0 fully saturated rings. The molecule has 0 aliphatic carbocycles. The summed E-state index contributed by atoms with van der Waals surface area (Å²) in [6, 6.07) is 0.244. The van der Waals surface area contributed by atoms with Gasteiger partial charge in [0, 0.05) is 18.0 Å². The molecular formula is C13H27NO2. The highest BCUT2D eigenvalue weighted by Gasteiger charge is 2.26. The second-order valence-electron chi connectivity index (χ2n) is 6.60. The molecule has 0 amide bonds. The Labute approximate surface area is 99.6 Å². The maximum absolute atomic E-state index is 10.5. The van der Waals surface area contributed by atoms with Gasteiger partial charge < -0.3 is 10.4 Å². The standard InChI is InChI=1S/C13H27NO2/c1-10(7-8-11(15)16)14-13(5,6)9-12(2,3)4/h10,14H,7-9H2,1-6H3,(H,15,16). The van der Waals surface area contributed by atoms with Crippen LogP contribution in [0.3, 0.4) is 0 Å². The predicted molar refractivity (Wildman–Crippen MR) is 67.6 cm³/mol. The molecule has 96 valence electrons. The normalized spacial score (nSPS) is 14.9. The van der Waals surface area contributed by atoms with E-state index in [0.717, 1.165) is 6.42 Å². The maximum Gasteiger partial charge on any atom is 0.303 e. The first-order valence-corrected chi connectivity index (χ1v) is 6.01. The summed E-state index contributed by atoms with van der Waals surface area (Å²) < 4.78 is 0. The molecule has 3 nitrogen and oxygen atoms in total. The quantitative estimate of drug-likeness (QED) is 0.736. The Morgan fingerprint density at radius 2 is 1.75 bits per heavy atom. The van der Waals surface area contributed by atoms with Crippen molar-refractivity contribution in [1.82, 2.24) is 5.32 Å². The summed E-state index contributed by atoms with van der Waals surface area (Å²) in [6.07, 6.45) is 1.99. The fraction of sp³-hybridized carbons (Fsp3) is 0.923. The zero-order valence-corrected chi connectivity index (χ0v) is 11.6. The number of hydrogen-bond donors (Lipinski definition) is 2. The highest BCUT2D eigenvalue weighted by atomic mass is 16.4. The Kier molecular flexibility index (Phi) is 5.47. The summed E-state index contributed by atoms with van der Waals surface area (Å²) in [5.41, 5.74) is 0.333. The van der Waals surface area contributed by atoms with Gasteiger partial charge in [-0.05, 0) is 39.0 Å². The van der Waals surface area contributed by atoms with Gasteiger partial charge in [-0.3, -0.25) is 4.79 Å². The van der Waals surface area contributed by atoms with E-state index in [2.05, 4.69) is 39.9 Å². The number of aliphatic carboxylic acids is 1. The molecule has 1 atom stereocenters. The monoisotopic (exact) mass is 229 g/mol. The summed E-state index contributed by atoms with van der Waals surface area (Å²) in [4.78, 5) is 10.5. The Bertz CT molecular complexity index is 229. The van der Waals surface area contributed by atoms with E-state index in [1.54, 1.807) is 0 Å². The van der Waals surface area contributed by atoms with Crippen molar-refractivity contribution in [1.29, 1.82) is 0 Å². The Hall–Kier alpha value is -0.570. The first-order valence-electron chi connectivity index (χ1n) is 6.01. The number of rotatable bonds is 6. The van der Waals surface area contributed by atoms with Gasteiger partial charge in [-0.2, -0.15) is 0 Å². The average molecular weight is 229 g/mol. The van der Waals surface area contributed by atoms with Crippen LogP contribution in [-0.2, 0) is 4.79 Å². The molecule has 1 unspecified atom stereocenters. The van der Waals surface area contributed by atoms with E-state index in [1.165, 1.54) is 0 Å². The average Bonchev–Trinajstić information content (AvgIpc) is 1.94. The van der Waals surface area contributed by atoms with Crippen molar-refractivity contribution >= 4 is 5.97 Å². The SMILES string of the molecule is CC(CCC(=O)O)NC(C)(C)CC(C)(C)C. The molecule has 0 aromatic rings. The highest BCUT2D eigenvalue weighted by Crippen LogP contribution is 2.27. The molecule has 0 aliphatic heterocycles. The van der Waals surface area contributed by atoms with E-state index in [4.69, 9.17) is 5.11 Å². The molecule has 0 saturated carbocycles. The van der Waals surface area contributed by atoms with E-state index >= 15 is 0 Å². The van der Waals surface area contributed by atoms with Crippen molar-refractivity contribution < 1.29 is 9.90 Å². The van der Waals surface area contributed by atoms with Crippen LogP contribution in [0.4, 0.5) is 0 Å². The van der Waals surface area contributed by atoms with Crippen molar-refractivity contribution in [3.8, 4) is 0 Å². The molecule has 0 heterocycles. The lowest BCUT2D eigenvalue weighted by Crippen LogP contribution is -2.47. The van der Waals surface area contributed by atoms with Gasteiger partial charge in [0.05, 0.1) is 0 Å². The minimum Gasteiger partial charge on any atom is -0.481 e. The van der Waals surface area contributed by atoms with E-state index in [0.29, 0.717) is 6.42 Å². The maximum atomic E-state index is 10.5. The van der Waals surface area contributed by atoms with Crippen molar-refractivity contribution in [2.24, 2.45) is 5.41 Å². The Balaban J connectivity index is 4.09. The molecule has 0 bridgehead atoms. The van der Waals surface area contributed by atoms with Gasteiger partial charge >= 0.3 is 5.97 Å². The van der Waals surface area contributed by atoms with Crippen LogP contribution in [0.2, 0.25) is 0 Å². The number of carboxylic acids is 1. The lowest BCUT2D eigenvalue weighted by molar-refractivity contribution is -0.137. The Morgan fingerprint density at radius 1 is 1.25 bits per heavy atom. The molecule has 0 rings (SSSR count). The van der Waals surface area contributed by atoms with Gasteiger partial charge in [0.25, 0.3) is 0 Å². The topological polar surface area (TPSA) is 49.3 Å². The summed E-state index contributed by atoms with van der Waals surface area (Å²) in [5.74, 6) is -0.720. The number of hydrogen-bond acceptors (Lipinski definition) is 2. The van der Waals surface area contributed by atoms with Crippen LogP contribution in [0.25, 0.3) is 0 Å². The smallest absolute Gasteiger partial charge is 0.303 e. The van der Waals surface area contributed by atoms with Gasteiger partial charge in [-0.15, -0.1) is 0 Å². The molecule has 0 spiro atoms. The number of carbonyl (C=O) groups is 1. The van der Waals surface area contributed by atoms with Crippen LogP contribution in [0.15, 0.2) is 0 Å². The summed E-state index contributed by atoms with van der Waals surface area (Å²) in [6.45, 7) is 13.1. The van der Waals surface area contributed by atoms with E-state index in [1.807, 2.05) is 6.92 Å². The summed E-state index contributed by atoms with van der Waals surface area (Å²) in [7, 11) is 0. The molecule has 0 aromatic heterocycles. The third-order valence-corrected chi connectivity index (χ3v) is 2.40. The molecular weight excluding hydrogens is 202 g/mol. The van der Waals surface area contributed by atoms with Gasteiger partial charge in [0.2, 0.25) is 0 Å². The predicted octanol–water partition coefficient (Wildman–Crippen LogP) is 3.04. The highest BCUT2D eigenvalue weighted by molar-refractivity contribution is 5.66. The van der Waals surface area contributed by atoms with Crippen LogP contribution >= 0.6 is 0 Å². The molecule has 16 heavy (non-hydrogen) atoms. The second kappa shape index (κ2) is 5.67. The first kappa shape index (κ1) is 15.4.